The van der Waals surface area contributed by atoms with Gasteiger partial charge in [0.15, 0.2) is 0 Å². The summed E-state index contributed by atoms with van der Waals surface area (Å²) in [7, 11) is -3.57. The third kappa shape index (κ3) is 3.14. The molecule has 1 aliphatic rings. The maximum atomic E-state index is 12.2. The van der Waals surface area contributed by atoms with Gasteiger partial charge >= 0.3 is 0 Å². The van der Waals surface area contributed by atoms with Gasteiger partial charge in [0.1, 0.15) is 4.90 Å². The van der Waals surface area contributed by atoms with Crippen LogP contribution in [0.4, 0.5) is 5.69 Å². The van der Waals surface area contributed by atoms with Gasteiger partial charge in [0.05, 0.1) is 5.69 Å². The van der Waals surface area contributed by atoms with E-state index in [9.17, 15) is 8.42 Å². The van der Waals surface area contributed by atoms with Gasteiger partial charge in [-0.25, -0.2) is 13.1 Å². The Morgan fingerprint density at radius 1 is 1.39 bits per heavy atom. The SMILES string of the molecule is NNc1ccncc1S(=O)(=O)NC1CCSCC1. The maximum absolute atomic E-state index is 12.2. The van der Waals surface area contributed by atoms with Crippen LogP contribution in [0.2, 0.25) is 0 Å². The van der Waals surface area contributed by atoms with Crippen molar-refractivity contribution in [1.29, 1.82) is 0 Å². The summed E-state index contributed by atoms with van der Waals surface area (Å²) in [5, 5.41) is 0. The van der Waals surface area contributed by atoms with Crippen LogP contribution in [0, 0.1) is 0 Å². The third-order valence-corrected chi connectivity index (χ3v) is 5.37. The van der Waals surface area contributed by atoms with Crippen molar-refractivity contribution in [2.75, 3.05) is 16.9 Å². The summed E-state index contributed by atoms with van der Waals surface area (Å²) < 4.78 is 27.2. The van der Waals surface area contributed by atoms with E-state index >= 15 is 0 Å². The van der Waals surface area contributed by atoms with E-state index in [2.05, 4.69) is 15.1 Å². The molecule has 2 heterocycles. The zero-order valence-corrected chi connectivity index (χ0v) is 11.4. The molecule has 1 fully saturated rings. The van der Waals surface area contributed by atoms with Crippen molar-refractivity contribution in [3.05, 3.63) is 18.5 Å². The standard InChI is InChI=1S/C10H16N4O2S2/c11-13-9-1-4-12-7-10(9)18(15,16)14-8-2-5-17-6-3-8/h1,4,7-8,14H,2-3,5-6,11H2,(H,12,13). The first kappa shape index (κ1) is 13.6. The molecule has 0 aromatic carbocycles. The van der Waals surface area contributed by atoms with Crippen molar-refractivity contribution in [1.82, 2.24) is 9.71 Å². The average Bonchev–Trinajstić information content (AvgIpc) is 2.39. The number of nitrogens with one attached hydrogen (secondary N) is 2. The molecule has 8 heteroatoms. The lowest BCUT2D eigenvalue weighted by atomic mass is 10.2. The number of rotatable bonds is 4. The average molecular weight is 288 g/mol. The molecule has 0 atom stereocenters. The van der Waals surface area contributed by atoms with Crippen LogP contribution in [0.1, 0.15) is 12.8 Å². The van der Waals surface area contributed by atoms with E-state index in [0.29, 0.717) is 5.69 Å². The monoisotopic (exact) mass is 288 g/mol. The highest BCUT2D eigenvalue weighted by Gasteiger charge is 2.24. The molecule has 1 saturated heterocycles. The van der Waals surface area contributed by atoms with E-state index < -0.39 is 10.0 Å². The van der Waals surface area contributed by atoms with E-state index in [0.717, 1.165) is 24.3 Å². The van der Waals surface area contributed by atoms with E-state index in [4.69, 9.17) is 5.84 Å². The van der Waals surface area contributed by atoms with Crippen LogP contribution < -0.4 is 16.0 Å². The predicted octanol–water partition coefficient (Wildman–Crippen LogP) is 0.541. The summed E-state index contributed by atoms with van der Waals surface area (Å²) in [6, 6.07) is 1.53. The first-order valence-electron chi connectivity index (χ1n) is 5.64. The number of nitrogen functional groups attached to an aromatic ring is 1. The first-order valence-corrected chi connectivity index (χ1v) is 8.28. The van der Waals surface area contributed by atoms with Crippen molar-refractivity contribution < 1.29 is 8.42 Å². The Hall–Kier alpha value is -0.830. The summed E-state index contributed by atoms with van der Waals surface area (Å²) in [5.74, 6) is 7.28. The zero-order valence-electron chi connectivity index (χ0n) is 9.80. The lowest BCUT2D eigenvalue weighted by Gasteiger charge is -2.22. The molecule has 0 radical (unpaired) electrons. The van der Waals surface area contributed by atoms with Crippen LogP contribution in [0.3, 0.4) is 0 Å². The summed E-state index contributed by atoms with van der Waals surface area (Å²) in [6.45, 7) is 0. The topological polar surface area (TPSA) is 97.1 Å². The lowest BCUT2D eigenvalue weighted by Crippen LogP contribution is -2.37. The number of hydrogen-bond donors (Lipinski definition) is 3. The quantitative estimate of drug-likeness (QED) is 0.553. The fourth-order valence-corrected chi connectivity index (χ4v) is 4.34. The lowest BCUT2D eigenvalue weighted by molar-refractivity contribution is 0.529. The minimum absolute atomic E-state index is 0.00193. The number of hydrogen-bond acceptors (Lipinski definition) is 6. The van der Waals surface area contributed by atoms with Crippen molar-refractivity contribution in [3.8, 4) is 0 Å². The van der Waals surface area contributed by atoms with E-state index in [1.54, 1.807) is 0 Å². The van der Waals surface area contributed by atoms with Gasteiger partial charge in [-0.3, -0.25) is 10.8 Å². The molecule has 0 aliphatic carbocycles. The summed E-state index contributed by atoms with van der Waals surface area (Å²) >= 11 is 1.85. The molecule has 4 N–H and O–H groups in total. The summed E-state index contributed by atoms with van der Waals surface area (Å²) in [5.41, 5.74) is 2.73. The third-order valence-electron chi connectivity index (χ3n) is 2.77. The minimum Gasteiger partial charge on any atom is -0.323 e. The van der Waals surface area contributed by atoms with Gasteiger partial charge in [-0.1, -0.05) is 0 Å². The molecular formula is C10H16N4O2S2. The van der Waals surface area contributed by atoms with E-state index in [1.807, 2.05) is 11.8 Å². The Labute approximate surface area is 111 Å². The Morgan fingerprint density at radius 2 is 2.11 bits per heavy atom. The molecule has 6 nitrogen and oxygen atoms in total. The van der Waals surface area contributed by atoms with Gasteiger partial charge < -0.3 is 5.43 Å². The van der Waals surface area contributed by atoms with Crippen LogP contribution in [0.5, 0.6) is 0 Å². The largest absolute Gasteiger partial charge is 0.323 e. The number of pyridine rings is 1. The zero-order chi connectivity index (χ0) is 13.0. The van der Waals surface area contributed by atoms with Gasteiger partial charge in [-0.15, -0.1) is 0 Å². The van der Waals surface area contributed by atoms with Crippen molar-refractivity contribution in [2.24, 2.45) is 5.84 Å². The number of sulfonamides is 1. The van der Waals surface area contributed by atoms with E-state index in [1.165, 1.54) is 18.5 Å². The van der Waals surface area contributed by atoms with Crippen LogP contribution in [0.25, 0.3) is 0 Å². The number of nitrogens with two attached hydrogens (primary N) is 1. The highest BCUT2D eigenvalue weighted by atomic mass is 32.2. The first-order chi connectivity index (χ1) is 8.63. The molecule has 0 spiro atoms. The van der Waals surface area contributed by atoms with Gasteiger partial charge in [-0.05, 0) is 30.4 Å². The van der Waals surface area contributed by atoms with Crippen molar-refractivity contribution >= 4 is 27.5 Å². The predicted molar refractivity (Wildman–Crippen MR) is 72.7 cm³/mol. The molecule has 0 saturated carbocycles. The van der Waals surface area contributed by atoms with Crippen molar-refractivity contribution in [2.45, 2.75) is 23.8 Å². The second kappa shape index (κ2) is 5.87. The second-order valence-corrected chi connectivity index (χ2v) is 6.93. The Kier molecular flexibility index (Phi) is 4.44. The summed E-state index contributed by atoms with van der Waals surface area (Å²) in [6.07, 6.45) is 4.51. The van der Waals surface area contributed by atoms with Gasteiger partial charge in [0, 0.05) is 18.4 Å². The Balaban J connectivity index is 2.19. The number of anilines is 1. The molecular weight excluding hydrogens is 272 g/mol. The van der Waals surface area contributed by atoms with Crippen LogP contribution in [0.15, 0.2) is 23.4 Å². The highest BCUT2D eigenvalue weighted by molar-refractivity contribution is 7.99. The molecule has 18 heavy (non-hydrogen) atoms. The Morgan fingerprint density at radius 3 is 2.78 bits per heavy atom. The van der Waals surface area contributed by atoms with Gasteiger partial charge in [-0.2, -0.15) is 11.8 Å². The fourth-order valence-electron chi connectivity index (χ4n) is 1.81. The number of nitrogens with zero attached hydrogens (tertiary/aromatic N) is 1. The molecule has 1 aromatic heterocycles. The van der Waals surface area contributed by atoms with Crippen LogP contribution in [-0.2, 0) is 10.0 Å². The number of thioether (sulfide) groups is 1. The molecule has 0 unspecified atom stereocenters. The highest BCUT2D eigenvalue weighted by Crippen LogP contribution is 2.22. The molecule has 2 rings (SSSR count). The maximum Gasteiger partial charge on any atom is 0.244 e. The second-order valence-electron chi connectivity index (χ2n) is 4.02. The molecule has 1 aromatic rings. The molecule has 100 valence electrons. The van der Waals surface area contributed by atoms with Gasteiger partial charge in [0.25, 0.3) is 0 Å². The molecule has 0 amide bonds. The van der Waals surface area contributed by atoms with Gasteiger partial charge in [0.2, 0.25) is 10.0 Å². The fraction of sp³-hybridized carbons (Fsp3) is 0.500. The Bertz CT molecular complexity index is 500. The van der Waals surface area contributed by atoms with Crippen LogP contribution in [-0.4, -0.2) is 30.9 Å². The van der Waals surface area contributed by atoms with Crippen molar-refractivity contribution in [3.63, 3.8) is 0 Å². The molecule has 0 bridgehead atoms. The summed E-state index contributed by atoms with van der Waals surface area (Å²) in [4.78, 5) is 3.92. The molecule has 1 aliphatic heterocycles. The van der Waals surface area contributed by atoms with Crippen LogP contribution >= 0.6 is 11.8 Å². The van der Waals surface area contributed by atoms with E-state index in [-0.39, 0.29) is 10.9 Å². The number of hydrazine groups is 1. The smallest absolute Gasteiger partial charge is 0.244 e. The minimum atomic E-state index is -3.57. The normalized spacial score (nSPS) is 17.6. The number of aromatic nitrogens is 1.